The molecule has 0 aliphatic rings. The van der Waals surface area contributed by atoms with Crippen LogP contribution < -0.4 is 5.32 Å². The molecule has 5 nitrogen and oxygen atoms in total. The molecule has 0 aliphatic heterocycles. The van der Waals surface area contributed by atoms with Crippen molar-refractivity contribution in [3.8, 4) is 0 Å². The number of nitrogens with one attached hydrogen (secondary N) is 1. The SMILES string of the molecule is Cc1nn2cc(CCNC(=O)c3ccc(F)c(F)c3F)nc2s1. The largest absolute Gasteiger partial charge is 0.352 e. The van der Waals surface area contributed by atoms with Gasteiger partial charge in [0, 0.05) is 13.0 Å². The fourth-order valence-corrected chi connectivity index (χ4v) is 2.81. The summed E-state index contributed by atoms with van der Waals surface area (Å²) in [5.74, 6) is -5.30. The van der Waals surface area contributed by atoms with Crippen molar-refractivity contribution in [3.63, 3.8) is 0 Å². The molecule has 0 fully saturated rings. The lowest BCUT2D eigenvalue weighted by Crippen LogP contribution is -2.27. The van der Waals surface area contributed by atoms with Crippen LogP contribution in [0.1, 0.15) is 21.1 Å². The number of aromatic nitrogens is 3. The second-order valence-corrected chi connectivity index (χ2v) is 5.97. The first-order chi connectivity index (χ1) is 11.0. The van der Waals surface area contributed by atoms with Crippen molar-refractivity contribution in [3.05, 3.63) is 52.0 Å². The Morgan fingerprint density at radius 2 is 2.09 bits per heavy atom. The molecule has 2 heterocycles. The maximum absolute atomic E-state index is 13.5. The van der Waals surface area contributed by atoms with Crippen molar-refractivity contribution in [2.45, 2.75) is 13.3 Å². The molecular formula is C14H11F3N4OS. The van der Waals surface area contributed by atoms with E-state index < -0.39 is 28.9 Å². The third kappa shape index (κ3) is 3.04. The van der Waals surface area contributed by atoms with E-state index in [1.807, 2.05) is 6.92 Å². The van der Waals surface area contributed by atoms with E-state index in [4.69, 9.17) is 0 Å². The number of nitrogens with zero attached hydrogens (tertiary/aromatic N) is 3. The van der Waals surface area contributed by atoms with Gasteiger partial charge < -0.3 is 5.32 Å². The molecule has 0 saturated heterocycles. The lowest BCUT2D eigenvalue weighted by Gasteiger charge is -2.06. The quantitative estimate of drug-likeness (QED) is 0.743. The van der Waals surface area contributed by atoms with Crippen LogP contribution in [-0.4, -0.2) is 27.0 Å². The maximum atomic E-state index is 13.5. The lowest BCUT2D eigenvalue weighted by atomic mass is 10.2. The van der Waals surface area contributed by atoms with Gasteiger partial charge in [0.25, 0.3) is 5.91 Å². The van der Waals surface area contributed by atoms with Gasteiger partial charge in [-0.3, -0.25) is 4.79 Å². The number of carbonyl (C=O) groups excluding carboxylic acids is 1. The number of aryl methyl sites for hydroxylation is 1. The van der Waals surface area contributed by atoms with Gasteiger partial charge in [-0.1, -0.05) is 11.3 Å². The van der Waals surface area contributed by atoms with E-state index >= 15 is 0 Å². The highest BCUT2D eigenvalue weighted by Crippen LogP contribution is 2.15. The van der Waals surface area contributed by atoms with E-state index in [2.05, 4.69) is 15.4 Å². The summed E-state index contributed by atoms with van der Waals surface area (Å²) in [4.78, 5) is 16.9. The third-order valence-corrected chi connectivity index (χ3v) is 3.98. The molecule has 0 aliphatic carbocycles. The Bertz CT molecular complexity index is 858. The van der Waals surface area contributed by atoms with Gasteiger partial charge in [0.05, 0.1) is 17.5 Å². The zero-order valence-corrected chi connectivity index (χ0v) is 12.8. The fraction of sp³-hybridized carbons (Fsp3) is 0.214. The smallest absolute Gasteiger partial charge is 0.254 e. The van der Waals surface area contributed by atoms with Crippen LogP contribution >= 0.6 is 11.3 Å². The normalized spacial score (nSPS) is 11.1. The highest BCUT2D eigenvalue weighted by Gasteiger charge is 2.18. The molecule has 0 saturated carbocycles. The van der Waals surface area contributed by atoms with Crippen LogP contribution in [0.5, 0.6) is 0 Å². The van der Waals surface area contributed by atoms with Crippen LogP contribution in [0, 0.1) is 24.4 Å². The van der Waals surface area contributed by atoms with Gasteiger partial charge in [0.2, 0.25) is 4.96 Å². The molecule has 9 heteroatoms. The highest BCUT2D eigenvalue weighted by atomic mass is 32.1. The number of carbonyl (C=O) groups is 1. The Hall–Kier alpha value is -2.42. The molecule has 23 heavy (non-hydrogen) atoms. The molecule has 0 atom stereocenters. The van der Waals surface area contributed by atoms with Crippen LogP contribution in [-0.2, 0) is 6.42 Å². The number of amides is 1. The topological polar surface area (TPSA) is 59.3 Å². The number of benzene rings is 1. The summed E-state index contributed by atoms with van der Waals surface area (Å²) >= 11 is 1.44. The second-order valence-electron chi connectivity index (χ2n) is 4.81. The molecule has 0 unspecified atom stereocenters. The number of rotatable bonds is 4. The van der Waals surface area contributed by atoms with Gasteiger partial charge in [-0.25, -0.2) is 22.7 Å². The summed E-state index contributed by atoms with van der Waals surface area (Å²) in [5.41, 5.74) is 0.182. The molecule has 1 amide bonds. The first kappa shape index (κ1) is 15.5. The molecule has 3 aromatic rings. The van der Waals surface area contributed by atoms with Gasteiger partial charge in [-0.15, -0.1) is 0 Å². The number of halogens is 3. The van der Waals surface area contributed by atoms with Crippen LogP contribution in [0.3, 0.4) is 0 Å². The van der Waals surface area contributed by atoms with Gasteiger partial charge in [-0.2, -0.15) is 5.10 Å². The zero-order chi connectivity index (χ0) is 16.6. The van der Waals surface area contributed by atoms with Crippen molar-refractivity contribution >= 4 is 22.2 Å². The van der Waals surface area contributed by atoms with Crippen LogP contribution in [0.25, 0.3) is 4.96 Å². The van der Waals surface area contributed by atoms with Crippen LogP contribution in [0.15, 0.2) is 18.3 Å². The van der Waals surface area contributed by atoms with Gasteiger partial charge in [0.1, 0.15) is 5.01 Å². The molecule has 120 valence electrons. The summed E-state index contributed by atoms with van der Waals surface area (Å²) in [6, 6.07) is 1.62. The second kappa shape index (κ2) is 5.99. The summed E-state index contributed by atoms with van der Waals surface area (Å²) in [5, 5.41) is 7.55. The van der Waals surface area contributed by atoms with Crippen molar-refractivity contribution < 1.29 is 18.0 Å². The average molecular weight is 340 g/mol. The minimum absolute atomic E-state index is 0.182. The average Bonchev–Trinajstić information content (AvgIpc) is 3.01. The molecular weight excluding hydrogens is 329 g/mol. The van der Waals surface area contributed by atoms with E-state index in [1.54, 1.807) is 10.7 Å². The fourth-order valence-electron chi connectivity index (χ4n) is 2.07. The monoisotopic (exact) mass is 340 g/mol. The van der Waals surface area contributed by atoms with E-state index in [-0.39, 0.29) is 6.54 Å². The first-order valence-electron chi connectivity index (χ1n) is 6.69. The molecule has 2 aromatic heterocycles. The number of fused-ring (bicyclic) bond motifs is 1. The summed E-state index contributed by atoms with van der Waals surface area (Å²) < 4.78 is 41.1. The number of hydrogen-bond donors (Lipinski definition) is 1. The van der Waals surface area contributed by atoms with Crippen molar-refractivity contribution in [1.82, 2.24) is 19.9 Å². The van der Waals surface area contributed by atoms with E-state index in [9.17, 15) is 18.0 Å². The number of hydrogen-bond acceptors (Lipinski definition) is 4. The molecule has 0 bridgehead atoms. The Kier molecular flexibility index (Phi) is 4.03. The molecule has 3 rings (SSSR count). The summed E-state index contributed by atoms with van der Waals surface area (Å²) in [6.07, 6.45) is 2.15. The Labute approximate surface area is 132 Å². The Morgan fingerprint density at radius 1 is 1.30 bits per heavy atom. The predicted molar refractivity (Wildman–Crippen MR) is 78.0 cm³/mol. The van der Waals surface area contributed by atoms with Gasteiger partial charge in [-0.05, 0) is 19.1 Å². The molecule has 0 radical (unpaired) electrons. The molecule has 0 spiro atoms. The van der Waals surface area contributed by atoms with Crippen LogP contribution in [0.2, 0.25) is 0 Å². The Morgan fingerprint density at radius 3 is 2.83 bits per heavy atom. The van der Waals surface area contributed by atoms with Gasteiger partial charge in [0.15, 0.2) is 17.5 Å². The lowest BCUT2D eigenvalue weighted by molar-refractivity contribution is 0.0948. The van der Waals surface area contributed by atoms with Gasteiger partial charge >= 0.3 is 0 Å². The maximum Gasteiger partial charge on any atom is 0.254 e. The van der Waals surface area contributed by atoms with E-state index in [0.29, 0.717) is 12.5 Å². The number of imidazole rings is 1. The Balaban J connectivity index is 1.62. The van der Waals surface area contributed by atoms with E-state index in [0.717, 1.165) is 21.7 Å². The standard InChI is InChI=1S/C14H11F3N4OS/c1-7-20-21-6-8(19-14(21)23-7)4-5-18-13(22)9-2-3-10(15)12(17)11(9)16/h2-3,6H,4-5H2,1H3,(H,18,22). The molecule has 1 aromatic carbocycles. The summed E-state index contributed by atoms with van der Waals surface area (Å²) in [6.45, 7) is 2.05. The van der Waals surface area contributed by atoms with Crippen molar-refractivity contribution in [2.24, 2.45) is 0 Å². The third-order valence-electron chi connectivity index (χ3n) is 3.14. The summed E-state index contributed by atoms with van der Waals surface area (Å²) in [7, 11) is 0. The van der Waals surface area contributed by atoms with Crippen molar-refractivity contribution in [1.29, 1.82) is 0 Å². The molecule has 1 N–H and O–H groups in total. The zero-order valence-electron chi connectivity index (χ0n) is 11.9. The minimum atomic E-state index is -1.66. The predicted octanol–water partition coefficient (Wildman–Crippen LogP) is 2.49. The first-order valence-corrected chi connectivity index (χ1v) is 7.50. The van der Waals surface area contributed by atoms with Crippen LogP contribution in [0.4, 0.5) is 13.2 Å². The highest BCUT2D eigenvalue weighted by molar-refractivity contribution is 7.16. The van der Waals surface area contributed by atoms with E-state index in [1.165, 1.54) is 11.3 Å². The minimum Gasteiger partial charge on any atom is -0.352 e. The van der Waals surface area contributed by atoms with Crippen molar-refractivity contribution in [2.75, 3.05) is 6.54 Å².